The topological polar surface area (TPSA) is 134 Å². The fourth-order valence-corrected chi connectivity index (χ4v) is 8.16. The van der Waals surface area contributed by atoms with Gasteiger partial charge in [-0.15, -0.1) is 0 Å². The van der Waals surface area contributed by atoms with Gasteiger partial charge in [0, 0.05) is 19.4 Å². The van der Waals surface area contributed by atoms with Crippen LogP contribution in [0.25, 0.3) is 0 Å². The van der Waals surface area contributed by atoms with E-state index < -0.39 is 26.5 Å². The van der Waals surface area contributed by atoms with Crippen LogP contribution >= 0.6 is 7.82 Å². The summed E-state index contributed by atoms with van der Waals surface area (Å²) in [6.07, 6.45) is 49.8. The number of ether oxygens (including phenoxy) is 2. The zero-order valence-electron chi connectivity index (χ0n) is 38.8. The van der Waals surface area contributed by atoms with Crippen molar-refractivity contribution >= 4 is 19.8 Å². The number of rotatable bonds is 48. The quantitative estimate of drug-likeness (QED) is 0.0265. The van der Waals surface area contributed by atoms with Crippen molar-refractivity contribution in [1.29, 1.82) is 0 Å². The van der Waals surface area contributed by atoms with Gasteiger partial charge in [0.2, 0.25) is 0 Å². The lowest BCUT2D eigenvalue weighted by Gasteiger charge is -2.19. The van der Waals surface area contributed by atoms with Crippen molar-refractivity contribution in [3.63, 3.8) is 0 Å². The SMILES string of the molecule is CCCCCC/C=C\CCCCCCCC(=O)OC(COC(=O)CCCCCCCCCCCCCCCCCCCCCCCCCCC)COP(=O)(O)OCCN. The molecule has 3 N–H and O–H groups in total. The van der Waals surface area contributed by atoms with Gasteiger partial charge in [-0.1, -0.05) is 219 Å². The van der Waals surface area contributed by atoms with Gasteiger partial charge in [0.15, 0.2) is 6.10 Å². The molecule has 0 aliphatic rings. The zero-order chi connectivity index (χ0) is 43.2. The first-order chi connectivity index (χ1) is 28.8. The first-order valence-electron chi connectivity index (χ1n) is 25.2. The molecule has 0 saturated heterocycles. The highest BCUT2D eigenvalue weighted by Gasteiger charge is 2.26. The maximum absolute atomic E-state index is 12.6. The Morgan fingerprint density at radius 2 is 0.831 bits per heavy atom. The highest BCUT2D eigenvalue weighted by Crippen LogP contribution is 2.43. The number of allylic oxidation sites excluding steroid dienone is 2. The van der Waals surface area contributed by atoms with E-state index in [4.69, 9.17) is 24.3 Å². The van der Waals surface area contributed by atoms with Gasteiger partial charge in [-0.2, -0.15) is 0 Å². The van der Waals surface area contributed by atoms with Crippen LogP contribution < -0.4 is 5.73 Å². The molecular formula is C49H96NO8P. The summed E-state index contributed by atoms with van der Waals surface area (Å²) in [4.78, 5) is 34.9. The molecule has 0 aromatic heterocycles. The van der Waals surface area contributed by atoms with Gasteiger partial charge < -0.3 is 20.1 Å². The molecule has 0 aromatic rings. The molecule has 0 aromatic carbocycles. The molecule has 0 fully saturated rings. The van der Waals surface area contributed by atoms with E-state index in [1.54, 1.807) is 0 Å². The summed E-state index contributed by atoms with van der Waals surface area (Å²) in [6.45, 7) is 3.75. The van der Waals surface area contributed by atoms with E-state index in [0.29, 0.717) is 6.42 Å². The van der Waals surface area contributed by atoms with Gasteiger partial charge in [0.25, 0.3) is 0 Å². The van der Waals surface area contributed by atoms with Crippen molar-refractivity contribution in [1.82, 2.24) is 0 Å². The lowest BCUT2D eigenvalue weighted by atomic mass is 10.0. The number of esters is 2. The van der Waals surface area contributed by atoms with Crippen LogP contribution in [-0.2, 0) is 32.7 Å². The van der Waals surface area contributed by atoms with E-state index in [1.165, 1.54) is 173 Å². The average Bonchev–Trinajstić information content (AvgIpc) is 3.22. The van der Waals surface area contributed by atoms with Crippen molar-refractivity contribution in [3.05, 3.63) is 12.2 Å². The summed E-state index contributed by atoms with van der Waals surface area (Å²) in [5.41, 5.74) is 5.36. The molecule has 0 amide bonds. The summed E-state index contributed by atoms with van der Waals surface area (Å²) >= 11 is 0. The molecule has 2 unspecified atom stereocenters. The van der Waals surface area contributed by atoms with Crippen LogP contribution in [0.15, 0.2) is 12.2 Å². The van der Waals surface area contributed by atoms with E-state index in [1.807, 2.05) is 0 Å². The van der Waals surface area contributed by atoms with Gasteiger partial charge in [0.1, 0.15) is 6.61 Å². The Kier molecular flexibility index (Phi) is 45.3. The molecule has 0 radical (unpaired) electrons. The number of unbranched alkanes of at least 4 members (excludes halogenated alkanes) is 33. The van der Waals surface area contributed by atoms with Gasteiger partial charge >= 0.3 is 19.8 Å². The summed E-state index contributed by atoms with van der Waals surface area (Å²) in [6, 6.07) is 0. The normalized spacial score (nSPS) is 13.2. The molecule has 0 aliphatic carbocycles. The van der Waals surface area contributed by atoms with Crippen molar-refractivity contribution in [3.8, 4) is 0 Å². The molecule has 0 aliphatic heterocycles. The third-order valence-corrected chi connectivity index (χ3v) is 12.1. The molecule has 10 heteroatoms. The maximum Gasteiger partial charge on any atom is 0.472 e. The van der Waals surface area contributed by atoms with Crippen LogP contribution in [0.5, 0.6) is 0 Å². The van der Waals surface area contributed by atoms with E-state index in [9.17, 15) is 19.0 Å². The van der Waals surface area contributed by atoms with Crippen LogP contribution in [-0.4, -0.2) is 49.3 Å². The lowest BCUT2D eigenvalue weighted by Crippen LogP contribution is -2.29. The number of phosphoric ester groups is 1. The summed E-state index contributed by atoms with van der Waals surface area (Å²) < 4.78 is 32.8. The van der Waals surface area contributed by atoms with Crippen molar-refractivity contribution in [2.75, 3.05) is 26.4 Å². The van der Waals surface area contributed by atoms with E-state index >= 15 is 0 Å². The van der Waals surface area contributed by atoms with Crippen molar-refractivity contribution in [2.24, 2.45) is 5.73 Å². The number of carbonyl (C=O) groups excluding carboxylic acids is 2. The molecular weight excluding hydrogens is 762 g/mol. The standard InChI is InChI=1S/C49H96NO8P/c1-3-5-7-9-11-13-15-17-18-19-20-21-22-23-24-25-26-27-28-30-31-33-35-37-39-41-48(51)55-45-47(46-57-59(53,54)56-44-43-50)58-49(52)42-40-38-36-34-32-29-16-14-12-10-8-6-4-2/h14,16,47H,3-13,15,17-46,50H2,1-2H3,(H,53,54)/b16-14-. The van der Waals surface area contributed by atoms with Crippen LogP contribution in [0.3, 0.4) is 0 Å². The number of nitrogens with two attached hydrogens (primary N) is 1. The number of hydrogen-bond acceptors (Lipinski definition) is 8. The molecule has 0 saturated carbocycles. The second-order valence-electron chi connectivity index (χ2n) is 17.0. The van der Waals surface area contributed by atoms with Crippen LogP contribution in [0, 0.1) is 0 Å². The Hall–Kier alpha value is -1.25. The van der Waals surface area contributed by atoms with Gasteiger partial charge in [0.05, 0.1) is 13.2 Å². The second-order valence-corrected chi connectivity index (χ2v) is 18.5. The van der Waals surface area contributed by atoms with Gasteiger partial charge in [-0.3, -0.25) is 18.6 Å². The average molecular weight is 858 g/mol. The minimum atomic E-state index is -4.38. The fourth-order valence-electron chi connectivity index (χ4n) is 7.40. The predicted octanol–water partition coefficient (Wildman–Crippen LogP) is 15.0. The minimum Gasteiger partial charge on any atom is -0.462 e. The zero-order valence-corrected chi connectivity index (χ0v) is 39.7. The Bertz CT molecular complexity index is 980. The van der Waals surface area contributed by atoms with Crippen molar-refractivity contribution < 1.29 is 37.6 Å². The maximum atomic E-state index is 12.6. The van der Waals surface area contributed by atoms with Gasteiger partial charge in [-0.05, 0) is 38.5 Å². The summed E-state index contributed by atoms with van der Waals surface area (Å²) in [5.74, 6) is -0.824. The predicted molar refractivity (Wildman–Crippen MR) is 248 cm³/mol. The molecule has 0 heterocycles. The monoisotopic (exact) mass is 858 g/mol. The van der Waals surface area contributed by atoms with E-state index in [0.717, 1.165) is 51.4 Å². The minimum absolute atomic E-state index is 0.0550. The van der Waals surface area contributed by atoms with Crippen LogP contribution in [0.4, 0.5) is 0 Å². The summed E-state index contributed by atoms with van der Waals surface area (Å²) in [7, 11) is -4.38. The molecule has 0 rings (SSSR count). The molecule has 350 valence electrons. The first kappa shape index (κ1) is 57.8. The largest absolute Gasteiger partial charge is 0.472 e. The molecule has 2 atom stereocenters. The fraction of sp³-hybridized carbons (Fsp3) is 0.918. The molecule has 0 bridgehead atoms. The first-order valence-corrected chi connectivity index (χ1v) is 26.7. The smallest absolute Gasteiger partial charge is 0.462 e. The Morgan fingerprint density at radius 1 is 0.492 bits per heavy atom. The van der Waals surface area contributed by atoms with E-state index in [-0.39, 0.29) is 38.6 Å². The third-order valence-electron chi connectivity index (χ3n) is 11.2. The van der Waals surface area contributed by atoms with Crippen molar-refractivity contribution in [2.45, 2.75) is 264 Å². The van der Waals surface area contributed by atoms with E-state index in [2.05, 4.69) is 26.0 Å². The Labute approximate surface area is 364 Å². The van der Waals surface area contributed by atoms with Crippen LogP contribution in [0.1, 0.15) is 258 Å². The highest BCUT2D eigenvalue weighted by molar-refractivity contribution is 7.47. The number of hydrogen-bond donors (Lipinski definition) is 2. The highest BCUT2D eigenvalue weighted by atomic mass is 31.2. The molecule has 59 heavy (non-hydrogen) atoms. The lowest BCUT2D eigenvalue weighted by molar-refractivity contribution is -0.161. The second kappa shape index (κ2) is 46.3. The Balaban J connectivity index is 3.93. The third kappa shape index (κ3) is 46.1. The Morgan fingerprint density at radius 3 is 1.22 bits per heavy atom. The molecule has 0 spiro atoms. The summed E-state index contributed by atoms with van der Waals surface area (Å²) in [5, 5.41) is 0. The van der Waals surface area contributed by atoms with Crippen LogP contribution in [0.2, 0.25) is 0 Å². The van der Waals surface area contributed by atoms with Gasteiger partial charge in [-0.25, -0.2) is 4.57 Å². The number of carbonyl (C=O) groups is 2. The number of phosphoric acid groups is 1. The molecule has 9 nitrogen and oxygen atoms in total.